The normalized spacial score (nSPS) is 17.1. The summed E-state index contributed by atoms with van der Waals surface area (Å²) in [4.78, 5) is 2.72. The molecule has 0 radical (unpaired) electrons. The average Bonchev–Trinajstić information content (AvgIpc) is 2.60. The van der Waals surface area contributed by atoms with Gasteiger partial charge < -0.3 is 0 Å². The van der Waals surface area contributed by atoms with Crippen molar-refractivity contribution in [1.82, 2.24) is 15.2 Å². The molecule has 1 heterocycles. The molecule has 1 aromatic rings. The molecule has 20 heavy (non-hydrogen) atoms. The van der Waals surface area contributed by atoms with E-state index in [0.29, 0.717) is 0 Å². The topological polar surface area (TPSA) is 53.7 Å². The van der Waals surface area contributed by atoms with Gasteiger partial charge in [0.2, 0.25) is 4.77 Å². The second kappa shape index (κ2) is 4.65. The molecular formula is C7H5F8N3OS. The van der Waals surface area contributed by atoms with Crippen LogP contribution in [0.5, 0.6) is 0 Å². The molecular weight excluding hydrogens is 326 g/mol. The molecule has 0 aliphatic rings. The number of hydrogen-bond donors (Lipinski definition) is 2. The lowest BCUT2D eigenvalue weighted by molar-refractivity contribution is -0.456. The standard InChI is InChI=1S/C7H5F8N3OS/c1-4(8,9)7(14,15)19-5(10,6(11,12)13)2-16-3(20)18-17-2/h1H3,(H2,16,17,18,20). The molecule has 1 unspecified atom stereocenters. The predicted octanol–water partition coefficient (Wildman–Crippen LogP) is 3.42. The van der Waals surface area contributed by atoms with Gasteiger partial charge in [-0.15, -0.1) is 0 Å². The SMILES string of the molecule is CC(F)(F)C(F)(F)OC(F)(c1nc(=S)[nH][nH]1)C(F)(F)F. The van der Waals surface area contributed by atoms with Crippen LogP contribution in [0.4, 0.5) is 35.1 Å². The molecule has 0 fully saturated rings. The van der Waals surface area contributed by atoms with Gasteiger partial charge in [-0.2, -0.15) is 40.1 Å². The Hall–Kier alpha value is -1.24. The van der Waals surface area contributed by atoms with Gasteiger partial charge in [-0.05, 0) is 12.2 Å². The van der Waals surface area contributed by atoms with Gasteiger partial charge in [-0.1, -0.05) is 0 Å². The van der Waals surface area contributed by atoms with Gasteiger partial charge in [0.05, 0.1) is 0 Å². The van der Waals surface area contributed by atoms with Gasteiger partial charge in [0, 0.05) is 6.92 Å². The highest BCUT2D eigenvalue weighted by Crippen LogP contribution is 2.48. The fourth-order valence-electron chi connectivity index (χ4n) is 0.929. The number of nitrogens with zero attached hydrogens (tertiary/aromatic N) is 1. The third-order valence-corrected chi connectivity index (χ3v) is 2.14. The van der Waals surface area contributed by atoms with Crippen molar-refractivity contribution in [3.05, 3.63) is 10.6 Å². The summed E-state index contributed by atoms with van der Waals surface area (Å²) in [5.74, 6) is -12.2. The van der Waals surface area contributed by atoms with Gasteiger partial charge >= 0.3 is 24.1 Å². The maximum absolute atomic E-state index is 13.7. The molecule has 2 N–H and O–H groups in total. The molecule has 0 spiro atoms. The Morgan fingerprint density at radius 2 is 1.50 bits per heavy atom. The van der Waals surface area contributed by atoms with Crippen LogP contribution in [0.2, 0.25) is 0 Å². The van der Waals surface area contributed by atoms with Gasteiger partial charge in [-0.25, -0.2) is 0 Å². The van der Waals surface area contributed by atoms with Crippen LogP contribution in [0.3, 0.4) is 0 Å². The first-order valence-electron chi connectivity index (χ1n) is 4.57. The molecule has 0 aliphatic heterocycles. The molecule has 1 atom stereocenters. The highest BCUT2D eigenvalue weighted by Gasteiger charge is 2.69. The first-order chi connectivity index (χ1) is 8.71. The van der Waals surface area contributed by atoms with Crippen LogP contribution in [-0.2, 0) is 10.6 Å². The van der Waals surface area contributed by atoms with Crippen molar-refractivity contribution in [2.45, 2.75) is 31.0 Å². The summed E-state index contributed by atoms with van der Waals surface area (Å²) in [5, 5.41) is 3.09. The number of aromatic amines is 2. The van der Waals surface area contributed by atoms with E-state index in [4.69, 9.17) is 0 Å². The summed E-state index contributed by atoms with van der Waals surface area (Å²) < 4.78 is 104. The zero-order chi connectivity index (χ0) is 16.0. The van der Waals surface area contributed by atoms with Crippen LogP contribution >= 0.6 is 12.2 Å². The van der Waals surface area contributed by atoms with Crippen LogP contribution < -0.4 is 0 Å². The van der Waals surface area contributed by atoms with Crippen LogP contribution in [0.15, 0.2) is 0 Å². The first-order valence-corrected chi connectivity index (χ1v) is 4.98. The molecule has 13 heteroatoms. The summed E-state index contributed by atoms with van der Waals surface area (Å²) in [6.45, 7) is -0.434. The minimum absolute atomic E-state index is 0.434. The Kier molecular flexibility index (Phi) is 3.91. The summed E-state index contributed by atoms with van der Waals surface area (Å²) in [6, 6.07) is 0. The van der Waals surface area contributed by atoms with Crippen molar-refractivity contribution in [2.24, 2.45) is 0 Å². The molecule has 1 aromatic heterocycles. The second-order valence-corrected chi connectivity index (χ2v) is 4.00. The van der Waals surface area contributed by atoms with Gasteiger partial charge in [-0.3, -0.25) is 14.9 Å². The smallest absolute Gasteiger partial charge is 0.281 e. The number of H-pyrrole nitrogens is 2. The number of hydrogen-bond acceptors (Lipinski definition) is 3. The van der Waals surface area contributed by atoms with Crippen LogP contribution in [0.25, 0.3) is 0 Å². The molecule has 0 saturated carbocycles. The van der Waals surface area contributed by atoms with Crippen LogP contribution in [0, 0.1) is 4.77 Å². The van der Waals surface area contributed by atoms with Crippen LogP contribution in [0.1, 0.15) is 12.7 Å². The summed E-state index contributed by atoms with van der Waals surface area (Å²) >= 11 is 4.22. The molecule has 116 valence electrons. The lowest BCUT2D eigenvalue weighted by Crippen LogP contribution is -2.52. The van der Waals surface area contributed by atoms with E-state index in [1.807, 2.05) is 0 Å². The Morgan fingerprint density at radius 1 is 1.00 bits per heavy atom. The molecule has 0 bridgehead atoms. The van der Waals surface area contributed by atoms with E-state index in [9.17, 15) is 35.1 Å². The molecule has 0 saturated heterocycles. The summed E-state index contributed by atoms with van der Waals surface area (Å²) in [5.41, 5.74) is 0. The number of nitrogens with one attached hydrogen (secondary N) is 2. The van der Waals surface area contributed by atoms with E-state index in [0.717, 1.165) is 0 Å². The van der Waals surface area contributed by atoms with Gasteiger partial charge in [0.25, 0.3) is 0 Å². The fourth-order valence-corrected chi connectivity index (χ4v) is 1.07. The fraction of sp³-hybridized carbons (Fsp3) is 0.714. The highest BCUT2D eigenvalue weighted by atomic mass is 32.1. The minimum atomic E-state index is -6.12. The number of rotatable bonds is 4. The second-order valence-electron chi connectivity index (χ2n) is 3.62. The maximum atomic E-state index is 13.7. The predicted molar refractivity (Wildman–Crippen MR) is 49.3 cm³/mol. The maximum Gasteiger partial charge on any atom is 0.456 e. The van der Waals surface area contributed by atoms with E-state index in [2.05, 4.69) is 21.9 Å². The molecule has 0 aliphatic carbocycles. The monoisotopic (exact) mass is 331 g/mol. The largest absolute Gasteiger partial charge is 0.456 e. The van der Waals surface area contributed by atoms with Crippen molar-refractivity contribution < 1.29 is 39.9 Å². The lowest BCUT2D eigenvalue weighted by Gasteiger charge is -2.31. The zero-order valence-electron chi connectivity index (χ0n) is 9.29. The summed E-state index contributed by atoms with van der Waals surface area (Å²) in [6.07, 6.45) is -11.9. The molecule has 0 aromatic carbocycles. The van der Waals surface area contributed by atoms with E-state index in [1.54, 1.807) is 5.10 Å². The number of halogens is 8. The Balaban J connectivity index is 3.32. The highest BCUT2D eigenvalue weighted by molar-refractivity contribution is 7.71. The average molecular weight is 331 g/mol. The van der Waals surface area contributed by atoms with Crippen molar-refractivity contribution >= 4 is 12.2 Å². The minimum Gasteiger partial charge on any atom is -0.281 e. The quantitative estimate of drug-likeness (QED) is 0.657. The molecule has 0 amide bonds. The molecule has 4 nitrogen and oxygen atoms in total. The Bertz CT molecular complexity index is 531. The van der Waals surface area contributed by atoms with E-state index in [1.165, 1.54) is 5.10 Å². The van der Waals surface area contributed by atoms with E-state index in [-0.39, 0.29) is 0 Å². The van der Waals surface area contributed by atoms with Crippen LogP contribution in [-0.4, -0.2) is 33.4 Å². The number of aromatic nitrogens is 3. The third-order valence-electron chi connectivity index (χ3n) is 1.95. The van der Waals surface area contributed by atoms with Crippen molar-refractivity contribution in [3.8, 4) is 0 Å². The zero-order valence-corrected chi connectivity index (χ0v) is 10.1. The van der Waals surface area contributed by atoms with Crippen molar-refractivity contribution in [3.63, 3.8) is 0 Å². The lowest BCUT2D eigenvalue weighted by atomic mass is 10.2. The van der Waals surface area contributed by atoms with E-state index >= 15 is 0 Å². The van der Waals surface area contributed by atoms with Crippen molar-refractivity contribution in [1.29, 1.82) is 0 Å². The van der Waals surface area contributed by atoms with Crippen molar-refractivity contribution in [2.75, 3.05) is 0 Å². The van der Waals surface area contributed by atoms with Gasteiger partial charge in [0.1, 0.15) is 0 Å². The van der Waals surface area contributed by atoms with Gasteiger partial charge in [0.15, 0.2) is 5.82 Å². The Labute approximate surface area is 110 Å². The molecule has 1 rings (SSSR count). The third kappa shape index (κ3) is 2.92. The van der Waals surface area contributed by atoms with E-state index < -0.39 is 41.6 Å². The number of alkyl halides is 8. The summed E-state index contributed by atoms with van der Waals surface area (Å²) in [7, 11) is 0. The first kappa shape index (κ1) is 16.8. The number of ether oxygens (including phenoxy) is 1. The Morgan fingerprint density at radius 3 is 1.80 bits per heavy atom.